The minimum absolute atomic E-state index is 0.0417. The minimum Gasteiger partial charge on any atom is -0.354 e. The van der Waals surface area contributed by atoms with Crippen LogP contribution in [0.1, 0.15) is 67.2 Å². The predicted molar refractivity (Wildman–Crippen MR) is 201 cm³/mol. The summed E-state index contributed by atoms with van der Waals surface area (Å²) in [6.07, 6.45) is 5.23. The Kier molecular flexibility index (Phi) is 10.9. The molecule has 0 aliphatic carbocycles. The Bertz CT molecular complexity index is 1650. The molecule has 3 atom stereocenters. The second kappa shape index (κ2) is 16.1. The van der Waals surface area contributed by atoms with Gasteiger partial charge in [-0.3, -0.25) is 19.3 Å². The van der Waals surface area contributed by atoms with Gasteiger partial charge in [0.1, 0.15) is 12.1 Å². The first-order chi connectivity index (χ1) is 25.0. The van der Waals surface area contributed by atoms with Gasteiger partial charge in [-0.2, -0.15) is 0 Å². The normalized spacial score (nSPS) is 21.1. The number of hydrogen-bond acceptors (Lipinski definition) is 4. The molecule has 7 heteroatoms. The van der Waals surface area contributed by atoms with Crippen molar-refractivity contribution in [1.82, 2.24) is 20.0 Å². The van der Waals surface area contributed by atoms with Crippen LogP contribution in [0.3, 0.4) is 0 Å². The number of likely N-dealkylation sites (tertiary alicyclic amines) is 3. The van der Waals surface area contributed by atoms with Crippen LogP contribution in [-0.4, -0.2) is 77.2 Å². The minimum atomic E-state index is -0.733. The Morgan fingerprint density at radius 1 is 0.608 bits per heavy atom. The fourth-order valence-electron chi connectivity index (χ4n) is 8.78. The van der Waals surface area contributed by atoms with Crippen LogP contribution in [0.25, 0.3) is 0 Å². The first-order valence-electron chi connectivity index (χ1n) is 18.8. The molecule has 0 saturated carbocycles. The van der Waals surface area contributed by atoms with Crippen LogP contribution in [0, 0.1) is 5.92 Å². The van der Waals surface area contributed by atoms with Crippen molar-refractivity contribution in [3.8, 4) is 0 Å². The van der Waals surface area contributed by atoms with Crippen molar-refractivity contribution in [2.24, 2.45) is 5.92 Å². The zero-order chi connectivity index (χ0) is 35.0. The summed E-state index contributed by atoms with van der Waals surface area (Å²) in [4.78, 5) is 48.7. The number of benzene rings is 4. The molecule has 264 valence electrons. The molecular formula is C44H50N4O3. The molecule has 3 aliphatic heterocycles. The third-order valence-electron chi connectivity index (χ3n) is 11.3. The highest BCUT2D eigenvalue weighted by Crippen LogP contribution is 2.43. The molecule has 0 radical (unpaired) electrons. The fraction of sp³-hybridized carbons (Fsp3) is 0.386. The summed E-state index contributed by atoms with van der Waals surface area (Å²) in [7, 11) is 0. The predicted octanol–water partition coefficient (Wildman–Crippen LogP) is 6.42. The maximum Gasteiger partial charge on any atom is 0.246 e. The van der Waals surface area contributed by atoms with E-state index in [9.17, 15) is 14.4 Å². The van der Waals surface area contributed by atoms with E-state index < -0.39 is 17.5 Å². The first kappa shape index (κ1) is 34.7. The molecule has 1 unspecified atom stereocenters. The van der Waals surface area contributed by atoms with Crippen molar-refractivity contribution in [2.75, 3.05) is 32.7 Å². The molecule has 3 heterocycles. The lowest BCUT2D eigenvalue weighted by molar-refractivity contribution is -0.146. The average molecular weight is 683 g/mol. The molecular weight excluding hydrogens is 633 g/mol. The lowest BCUT2D eigenvalue weighted by Gasteiger charge is -2.38. The highest BCUT2D eigenvalue weighted by molar-refractivity contribution is 5.93. The van der Waals surface area contributed by atoms with Crippen molar-refractivity contribution in [2.45, 2.75) is 69.0 Å². The second-order valence-corrected chi connectivity index (χ2v) is 14.6. The molecule has 0 bridgehead atoms. The van der Waals surface area contributed by atoms with Crippen LogP contribution in [0.2, 0.25) is 0 Å². The van der Waals surface area contributed by atoms with Gasteiger partial charge in [-0.15, -0.1) is 0 Å². The quantitative estimate of drug-likeness (QED) is 0.186. The lowest BCUT2D eigenvalue weighted by atomic mass is 9.67. The number of nitrogens with one attached hydrogen (secondary N) is 1. The van der Waals surface area contributed by atoms with Crippen molar-refractivity contribution in [3.05, 3.63) is 144 Å². The van der Waals surface area contributed by atoms with Gasteiger partial charge in [-0.1, -0.05) is 121 Å². The van der Waals surface area contributed by atoms with E-state index in [0.717, 1.165) is 62.0 Å². The van der Waals surface area contributed by atoms with Crippen molar-refractivity contribution >= 4 is 17.7 Å². The molecule has 0 spiro atoms. The number of carbonyl (C=O) groups is 3. The SMILES string of the molecule is O=C(NCC1CCCN(Cc2ccccc2)C1)[C@H]1CCCN1C(=O)[C@@H]1CCCN1C(=O)CC(c1ccccc1)(c1ccccc1)c1ccccc1. The standard InChI is InChI=1S/C44H50N4O3/c49-41(30-44(36-19-7-2-8-20-36,37-21-9-3-10-22-37)38-23-11-4-12-24-38)47-28-15-26-40(47)43(51)48-29-14-25-39(48)42(50)45-31-35-18-13-27-46(33-35)32-34-16-5-1-6-17-34/h1-12,16-17,19-24,35,39-40H,13-15,18,25-33H2,(H,45,50)/t35?,39-,40+/m1/s1. The van der Waals surface area contributed by atoms with E-state index in [1.54, 1.807) is 4.90 Å². The van der Waals surface area contributed by atoms with E-state index in [1.165, 1.54) is 5.56 Å². The summed E-state index contributed by atoms with van der Waals surface area (Å²) in [6.45, 7) is 4.66. The maximum atomic E-state index is 14.6. The van der Waals surface area contributed by atoms with Gasteiger partial charge in [-0.25, -0.2) is 0 Å². The Hall–Kier alpha value is -4.75. The monoisotopic (exact) mass is 682 g/mol. The number of amides is 3. The highest BCUT2D eigenvalue weighted by Gasteiger charge is 2.45. The van der Waals surface area contributed by atoms with Gasteiger partial charge in [0.25, 0.3) is 0 Å². The molecule has 4 aromatic rings. The van der Waals surface area contributed by atoms with Crippen LogP contribution in [0.4, 0.5) is 0 Å². The smallest absolute Gasteiger partial charge is 0.246 e. The molecule has 3 fully saturated rings. The molecule has 0 aromatic heterocycles. The molecule has 1 N–H and O–H groups in total. The van der Waals surface area contributed by atoms with Crippen LogP contribution in [-0.2, 0) is 26.3 Å². The summed E-state index contributed by atoms with van der Waals surface area (Å²) >= 11 is 0. The van der Waals surface area contributed by atoms with Crippen molar-refractivity contribution < 1.29 is 14.4 Å². The Morgan fingerprint density at radius 3 is 1.71 bits per heavy atom. The zero-order valence-electron chi connectivity index (χ0n) is 29.5. The van der Waals surface area contributed by atoms with E-state index in [2.05, 4.69) is 70.9 Å². The van der Waals surface area contributed by atoms with Gasteiger partial charge in [0.15, 0.2) is 0 Å². The molecule has 4 aromatic carbocycles. The topological polar surface area (TPSA) is 73.0 Å². The van der Waals surface area contributed by atoms with Crippen molar-refractivity contribution in [3.63, 3.8) is 0 Å². The summed E-state index contributed by atoms with van der Waals surface area (Å²) in [5, 5.41) is 3.23. The molecule has 3 amide bonds. The number of hydrogen-bond donors (Lipinski definition) is 1. The zero-order valence-corrected chi connectivity index (χ0v) is 29.5. The van der Waals surface area contributed by atoms with Gasteiger partial charge in [-0.05, 0) is 73.2 Å². The number of carbonyl (C=O) groups excluding carboxylic acids is 3. The molecule has 7 nitrogen and oxygen atoms in total. The second-order valence-electron chi connectivity index (χ2n) is 14.6. The Balaban J connectivity index is 1.04. The van der Waals surface area contributed by atoms with Crippen LogP contribution < -0.4 is 5.32 Å². The van der Waals surface area contributed by atoms with E-state index in [-0.39, 0.29) is 24.1 Å². The van der Waals surface area contributed by atoms with E-state index >= 15 is 0 Å². The summed E-state index contributed by atoms with van der Waals surface area (Å²) in [5.74, 6) is 0.196. The van der Waals surface area contributed by atoms with E-state index in [0.29, 0.717) is 38.4 Å². The summed E-state index contributed by atoms with van der Waals surface area (Å²) in [6, 6.07) is 40.2. The van der Waals surface area contributed by atoms with E-state index in [1.807, 2.05) is 65.6 Å². The summed E-state index contributed by atoms with van der Waals surface area (Å²) < 4.78 is 0. The average Bonchev–Trinajstić information content (AvgIpc) is 3.89. The van der Waals surface area contributed by atoms with Gasteiger partial charge in [0, 0.05) is 39.1 Å². The van der Waals surface area contributed by atoms with Gasteiger partial charge < -0.3 is 15.1 Å². The van der Waals surface area contributed by atoms with E-state index in [4.69, 9.17) is 0 Å². The number of rotatable bonds is 11. The fourth-order valence-corrected chi connectivity index (χ4v) is 8.78. The highest BCUT2D eigenvalue weighted by atomic mass is 16.2. The van der Waals surface area contributed by atoms with Gasteiger partial charge in [0.2, 0.25) is 17.7 Å². The summed E-state index contributed by atoms with van der Waals surface area (Å²) in [5.41, 5.74) is 3.69. The first-order valence-corrected chi connectivity index (χ1v) is 18.8. The molecule has 3 aliphatic rings. The largest absolute Gasteiger partial charge is 0.354 e. The number of nitrogens with zero attached hydrogens (tertiary/aromatic N) is 3. The maximum absolute atomic E-state index is 14.6. The Labute approximate surface area is 302 Å². The lowest BCUT2D eigenvalue weighted by Crippen LogP contribution is -2.54. The molecule has 7 rings (SSSR count). The van der Waals surface area contributed by atoms with Crippen LogP contribution >= 0.6 is 0 Å². The van der Waals surface area contributed by atoms with Crippen LogP contribution in [0.15, 0.2) is 121 Å². The number of piperidine rings is 1. The third-order valence-corrected chi connectivity index (χ3v) is 11.3. The van der Waals surface area contributed by atoms with Crippen LogP contribution in [0.5, 0.6) is 0 Å². The molecule has 3 saturated heterocycles. The molecule has 51 heavy (non-hydrogen) atoms. The van der Waals surface area contributed by atoms with Gasteiger partial charge in [0.05, 0.1) is 5.41 Å². The third kappa shape index (κ3) is 7.64. The Morgan fingerprint density at radius 2 is 1.12 bits per heavy atom. The van der Waals surface area contributed by atoms with Crippen molar-refractivity contribution in [1.29, 1.82) is 0 Å². The van der Waals surface area contributed by atoms with Gasteiger partial charge >= 0.3 is 0 Å².